The molecule has 156 valence electrons. The molecule has 0 saturated heterocycles. The van der Waals surface area contributed by atoms with Crippen LogP contribution in [0.1, 0.15) is 16.7 Å². The number of nitrogens with zero attached hydrogens (tertiary/aromatic N) is 2. The van der Waals surface area contributed by atoms with Crippen LogP contribution < -0.4 is 5.32 Å². The van der Waals surface area contributed by atoms with E-state index in [-0.39, 0.29) is 11.7 Å². The molecule has 1 N–H and O–H groups in total. The van der Waals surface area contributed by atoms with Crippen molar-refractivity contribution in [2.24, 2.45) is 0 Å². The fourth-order valence-corrected chi connectivity index (χ4v) is 4.57. The molecule has 0 unspecified atom stereocenters. The average Bonchev–Trinajstić information content (AvgIpc) is 2.75. The molecule has 4 nitrogen and oxygen atoms in total. The molecule has 0 spiro atoms. The van der Waals surface area contributed by atoms with Gasteiger partial charge in [0.25, 0.3) is 0 Å². The molecule has 0 radical (unpaired) electrons. The van der Waals surface area contributed by atoms with Gasteiger partial charge in [-0.1, -0.05) is 71.4 Å². The van der Waals surface area contributed by atoms with E-state index >= 15 is 0 Å². The summed E-state index contributed by atoms with van der Waals surface area (Å²) >= 11 is 7.61. The third-order valence-electron chi connectivity index (χ3n) is 4.94. The molecular weight excluding hydrogens is 426 g/mol. The van der Waals surface area contributed by atoms with E-state index in [0.717, 1.165) is 38.3 Å². The molecule has 0 fully saturated rings. The predicted octanol–water partition coefficient (Wildman–Crippen LogP) is 6.61. The second kappa shape index (κ2) is 9.08. The van der Waals surface area contributed by atoms with Gasteiger partial charge in [-0.15, -0.1) is 0 Å². The topological polar surface area (TPSA) is 54.9 Å². The van der Waals surface area contributed by atoms with Crippen molar-refractivity contribution in [3.05, 3.63) is 82.4 Å². The number of fused-ring (bicyclic) bond motifs is 1. The summed E-state index contributed by atoms with van der Waals surface area (Å²) in [6.07, 6.45) is 0. The van der Waals surface area contributed by atoms with Crippen LogP contribution in [0.4, 0.5) is 5.69 Å². The number of halogens is 1. The molecule has 4 rings (SSSR count). The highest BCUT2D eigenvalue weighted by Crippen LogP contribution is 2.30. The lowest BCUT2D eigenvalue weighted by Crippen LogP contribution is -2.16. The number of aromatic nitrogens is 2. The van der Waals surface area contributed by atoms with Gasteiger partial charge in [0.15, 0.2) is 5.82 Å². The second-order valence-electron chi connectivity index (χ2n) is 7.49. The van der Waals surface area contributed by atoms with E-state index in [4.69, 9.17) is 16.6 Å². The Labute approximate surface area is 191 Å². The molecule has 0 aliphatic rings. The van der Waals surface area contributed by atoms with E-state index in [1.807, 2.05) is 62.4 Å². The molecule has 0 saturated carbocycles. The Hall–Kier alpha value is -2.89. The highest BCUT2D eigenvalue weighted by molar-refractivity contribution is 8.00. The molecule has 1 amide bonds. The lowest BCUT2D eigenvalue weighted by atomic mass is 10.1. The Morgan fingerprint density at radius 1 is 0.968 bits per heavy atom. The molecule has 1 heterocycles. The third kappa shape index (κ3) is 4.89. The van der Waals surface area contributed by atoms with Crippen LogP contribution in [0.3, 0.4) is 0 Å². The third-order valence-corrected chi connectivity index (χ3v) is 6.16. The molecule has 31 heavy (non-hydrogen) atoms. The molecular formula is C25H22ClN3OS. The Morgan fingerprint density at radius 2 is 1.68 bits per heavy atom. The number of carbonyl (C=O) groups excluding carboxylic acids is 1. The Balaban J connectivity index is 1.61. The lowest BCUT2D eigenvalue weighted by Gasteiger charge is -2.13. The van der Waals surface area contributed by atoms with Gasteiger partial charge in [-0.2, -0.15) is 0 Å². The van der Waals surface area contributed by atoms with Gasteiger partial charge in [-0.25, -0.2) is 9.97 Å². The fourth-order valence-electron chi connectivity index (χ4n) is 3.59. The maximum atomic E-state index is 12.7. The molecule has 4 aromatic rings. The first-order chi connectivity index (χ1) is 14.9. The summed E-state index contributed by atoms with van der Waals surface area (Å²) in [7, 11) is 0. The predicted molar refractivity (Wildman–Crippen MR) is 130 cm³/mol. The van der Waals surface area contributed by atoms with Crippen molar-refractivity contribution in [1.82, 2.24) is 9.97 Å². The number of thioether (sulfide) groups is 1. The van der Waals surface area contributed by atoms with Crippen LogP contribution in [0, 0.1) is 20.8 Å². The zero-order valence-electron chi connectivity index (χ0n) is 17.6. The molecule has 0 aliphatic carbocycles. The van der Waals surface area contributed by atoms with E-state index in [9.17, 15) is 4.79 Å². The van der Waals surface area contributed by atoms with Crippen molar-refractivity contribution >= 4 is 45.9 Å². The standard InChI is InChI=1S/C25H22ClN3OS/c1-15-11-16(2)23(17(3)12-15)28-22(30)14-31-25-20-13-19(26)9-10-21(20)27-24(29-25)18-7-5-4-6-8-18/h4-13H,14H2,1-3H3,(H,28,30). The van der Waals surface area contributed by atoms with Gasteiger partial charge in [0.2, 0.25) is 5.91 Å². The Morgan fingerprint density at radius 3 is 2.39 bits per heavy atom. The first kappa shape index (κ1) is 21.3. The summed E-state index contributed by atoms with van der Waals surface area (Å²) in [6.45, 7) is 6.07. The number of nitrogens with one attached hydrogen (secondary N) is 1. The van der Waals surface area contributed by atoms with Gasteiger partial charge in [-0.05, 0) is 50.1 Å². The van der Waals surface area contributed by atoms with Crippen LogP contribution in [-0.2, 0) is 4.79 Å². The van der Waals surface area contributed by atoms with Crippen molar-refractivity contribution in [2.45, 2.75) is 25.8 Å². The molecule has 1 aromatic heterocycles. The molecule has 3 aromatic carbocycles. The maximum Gasteiger partial charge on any atom is 0.234 e. The largest absolute Gasteiger partial charge is 0.325 e. The van der Waals surface area contributed by atoms with Crippen molar-refractivity contribution in [1.29, 1.82) is 0 Å². The van der Waals surface area contributed by atoms with Crippen molar-refractivity contribution in [3.8, 4) is 11.4 Å². The van der Waals surface area contributed by atoms with Gasteiger partial charge in [0.05, 0.1) is 11.3 Å². The second-order valence-corrected chi connectivity index (χ2v) is 8.89. The molecule has 6 heteroatoms. The van der Waals surface area contributed by atoms with Crippen LogP contribution in [0.25, 0.3) is 22.3 Å². The quantitative estimate of drug-likeness (QED) is 0.276. The SMILES string of the molecule is Cc1cc(C)c(NC(=O)CSc2nc(-c3ccccc3)nc3ccc(Cl)cc23)c(C)c1. The normalized spacial score (nSPS) is 11.0. The highest BCUT2D eigenvalue weighted by atomic mass is 35.5. The van der Waals surface area contributed by atoms with E-state index in [1.165, 1.54) is 17.3 Å². The van der Waals surface area contributed by atoms with E-state index in [1.54, 1.807) is 0 Å². The van der Waals surface area contributed by atoms with E-state index in [2.05, 4.69) is 29.4 Å². The van der Waals surface area contributed by atoms with Gasteiger partial charge < -0.3 is 5.32 Å². The Bertz CT molecular complexity index is 1250. The van der Waals surface area contributed by atoms with E-state index < -0.39 is 0 Å². The first-order valence-corrected chi connectivity index (χ1v) is 11.3. The smallest absolute Gasteiger partial charge is 0.234 e. The Kier molecular flexibility index (Phi) is 6.25. The summed E-state index contributed by atoms with van der Waals surface area (Å²) in [4.78, 5) is 22.2. The van der Waals surface area contributed by atoms with Gasteiger partial charge >= 0.3 is 0 Å². The number of rotatable bonds is 5. The van der Waals surface area contributed by atoms with Crippen molar-refractivity contribution in [2.75, 3.05) is 11.1 Å². The number of benzene rings is 3. The zero-order valence-corrected chi connectivity index (χ0v) is 19.1. The number of aryl methyl sites for hydroxylation is 3. The average molecular weight is 448 g/mol. The van der Waals surface area contributed by atoms with Crippen LogP contribution in [0.15, 0.2) is 65.7 Å². The number of hydrogen-bond acceptors (Lipinski definition) is 4. The van der Waals surface area contributed by atoms with Crippen LogP contribution >= 0.6 is 23.4 Å². The van der Waals surface area contributed by atoms with Crippen LogP contribution in [0.5, 0.6) is 0 Å². The highest BCUT2D eigenvalue weighted by Gasteiger charge is 2.14. The number of anilines is 1. The van der Waals surface area contributed by atoms with Crippen molar-refractivity contribution in [3.63, 3.8) is 0 Å². The minimum Gasteiger partial charge on any atom is -0.325 e. The van der Waals surface area contributed by atoms with Gasteiger partial charge in [-0.3, -0.25) is 4.79 Å². The van der Waals surface area contributed by atoms with E-state index in [0.29, 0.717) is 10.8 Å². The summed E-state index contributed by atoms with van der Waals surface area (Å²) in [5, 5.41) is 5.24. The first-order valence-electron chi connectivity index (χ1n) is 9.94. The molecule has 0 aliphatic heterocycles. The van der Waals surface area contributed by atoms with Crippen LogP contribution in [0.2, 0.25) is 5.02 Å². The number of amides is 1. The summed E-state index contributed by atoms with van der Waals surface area (Å²) in [6, 6.07) is 19.5. The maximum absolute atomic E-state index is 12.7. The fraction of sp³-hybridized carbons (Fsp3) is 0.160. The number of hydrogen-bond donors (Lipinski definition) is 1. The minimum atomic E-state index is -0.0740. The summed E-state index contributed by atoms with van der Waals surface area (Å²) in [5.41, 5.74) is 5.89. The lowest BCUT2D eigenvalue weighted by molar-refractivity contribution is -0.113. The molecule has 0 bridgehead atoms. The number of carbonyl (C=O) groups is 1. The zero-order chi connectivity index (χ0) is 22.0. The van der Waals surface area contributed by atoms with Gasteiger partial charge in [0, 0.05) is 21.7 Å². The van der Waals surface area contributed by atoms with Crippen molar-refractivity contribution < 1.29 is 4.79 Å². The monoisotopic (exact) mass is 447 g/mol. The summed E-state index contributed by atoms with van der Waals surface area (Å²) < 4.78 is 0. The van der Waals surface area contributed by atoms with Gasteiger partial charge in [0.1, 0.15) is 5.03 Å². The summed E-state index contributed by atoms with van der Waals surface area (Å²) in [5.74, 6) is 0.790. The van der Waals surface area contributed by atoms with Crippen LogP contribution in [-0.4, -0.2) is 21.6 Å². The minimum absolute atomic E-state index is 0.0740. The molecule has 0 atom stereocenters.